The number of carbonyl (C=O) groups is 2. The number of nitrogens with zero attached hydrogens (tertiary/aromatic N) is 1. The lowest BCUT2D eigenvalue weighted by Crippen LogP contribution is -2.32. The van der Waals surface area contributed by atoms with E-state index in [0.29, 0.717) is 28.6 Å². The summed E-state index contributed by atoms with van der Waals surface area (Å²) in [5, 5.41) is 5.98. The van der Waals surface area contributed by atoms with Crippen LogP contribution in [0.1, 0.15) is 33.7 Å². The predicted octanol–water partition coefficient (Wildman–Crippen LogP) is 2.90. The van der Waals surface area contributed by atoms with Gasteiger partial charge in [0.1, 0.15) is 11.4 Å². The molecule has 0 aliphatic carbocycles. The lowest BCUT2D eigenvalue weighted by molar-refractivity contribution is 0.0857. The molecule has 0 spiro atoms. The van der Waals surface area contributed by atoms with E-state index in [2.05, 4.69) is 15.6 Å². The lowest BCUT2D eigenvalue weighted by atomic mass is 10.2. The number of carbonyl (C=O) groups excluding carboxylic acids is 2. The van der Waals surface area contributed by atoms with Crippen molar-refractivity contribution in [2.24, 2.45) is 0 Å². The molecule has 8 heteroatoms. The minimum atomic E-state index is -0.468. The summed E-state index contributed by atoms with van der Waals surface area (Å²) >= 11 is 5.97. The van der Waals surface area contributed by atoms with Gasteiger partial charge in [0.05, 0.1) is 18.9 Å². The van der Waals surface area contributed by atoms with Crippen molar-refractivity contribution in [1.82, 2.24) is 10.3 Å². The number of amides is 2. The number of anilines is 1. The molecule has 2 heterocycles. The highest BCUT2D eigenvalue weighted by Gasteiger charge is 2.18. The molecule has 7 nitrogen and oxygen atoms in total. The van der Waals surface area contributed by atoms with E-state index in [0.717, 1.165) is 19.4 Å². The molecule has 2 amide bonds. The van der Waals surface area contributed by atoms with Crippen LogP contribution in [-0.4, -0.2) is 43.2 Å². The van der Waals surface area contributed by atoms with Crippen LogP contribution in [0.4, 0.5) is 5.69 Å². The molecule has 3 rings (SSSR count). The first-order valence-corrected chi connectivity index (χ1v) is 8.95. The van der Waals surface area contributed by atoms with Gasteiger partial charge in [-0.2, -0.15) is 0 Å². The van der Waals surface area contributed by atoms with Gasteiger partial charge in [-0.15, -0.1) is 0 Å². The Labute approximate surface area is 162 Å². The maximum Gasteiger partial charge on any atom is 0.274 e. The van der Waals surface area contributed by atoms with Crippen LogP contribution < -0.4 is 15.4 Å². The molecule has 1 aromatic carbocycles. The monoisotopic (exact) mass is 389 g/mol. The van der Waals surface area contributed by atoms with Gasteiger partial charge < -0.3 is 20.1 Å². The van der Waals surface area contributed by atoms with E-state index in [1.54, 1.807) is 24.3 Å². The van der Waals surface area contributed by atoms with Crippen LogP contribution in [0.2, 0.25) is 5.02 Å². The minimum absolute atomic E-state index is 0.0499. The van der Waals surface area contributed by atoms with E-state index in [1.807, 2.05) is 0 Å². The first-order valence-electron chi connectivity index (χ1n) is 8.57. The van der Waals surface area contributed by atoms with E-state index < -0.39 is 5.91 Å². The Kier molecular flexibility index (Phi) is 6.26. The smallest absolute Gasteiger partial charge is 0.274 e. The number of halogens is 1. The molecule has 1 aromatic heterocycles. The maximum absolute atomic E-state index is 12.5. The molecule has 1 aliphatic rings. The number of nitrogens with one attached hydrogen (secondary N) is 2. The van der Waals surface area contributed by atoms with Gasteiger partial charge in [0.25, 0.3) is 11.8 Å². The van der Waals surface area contributed by atoms with Crippen molar-refractivity contribution in [3.05, 3.63) is 52.8 Å². The van der Waals surface area contributed by atoms with Gasteiger partial charge in [-0.1, -0.05) is 11.6 Å². The molecule has 0 radical (unpaired) electrons. The normalized spacial score (nSPS) is 16.0. The van der Waals surface area contributed by atoms with E-state index in [9.17, 15) is 9.59 Å². The van der Waals surface area contributed by atoms with Crippen LogP contribution in [0, 0.1) is 0 Å². The molecule has 0 bridgehead atoms. The SMILES string of the molecule is COc1ccc(Cl)cc1NC(=O)c1cc(C(=O)NCC2CCCO2)ccn1. The largest absolute Gasteiger partial charge is 0.495 e. The fraction of sp³-hybridized carbons (Fsp3) is 0.316. The molecule has 1 aliphatic heterocycles. The average molecular weight is 390 g/mol. The Morgan fingerprint density at radius 2 is 2.15 bits per heavy atom. The van der Waals surface area contributed by atoms with E-state index in [4.69, 9.17) is 21.1 Å². The second kappa shape index (κ2) is 8.83. The van der Waals surface area contributed by atoms with Gasteiger partial charge in [0, 0.05) is 29.9 Å². The average Bonchev–Trinajstić information content (AvgIpc) is 3.20. The number of pyridine rings is 1. The van der Waals surface area contributed by atoms with Crippen molar-refractivity contribution in [3.8, 4) is 5.75 Å². The van der Waals surface area contributed by atoms with E-state index in [-0.39, 0.29) is 17.7 Å². The fourth-order valence-corrected chi connectivity index (χ4v) is 2.95. The van der Waals surface area contributed by atoms with Gasteiger partial charge in [0.2, 0.25) is 0 Å². The van der Waals surface area contributed by atoms with Crippen LogP contribution in [0.25, 0.3) is 0 Å². The molecule has 1 fully saturated rings. The number of aromatic nitrogens is 1. The molecule has 2 aromatic rings. The van der Waals surface area contributed by atoms with Gasteiger partial charge in [-0.25, -0.2) is 0 Å². The van der Waals surface area contributed by atoms with Crippen molar-refractivity contribution in [1.29, 1.82) is 0 Å². The molecule has 1 unspecified atom stereocenters. The Hall–Kier alpha value is -2.64. The fourth-order valence-electron chi connectivity index (χ4n) is 2.77. The highest BCUT2D eigenvalue weighted by Crippen LogP contribution is 2.28. The number of hydrogen-bond donors (Lipinski definition) is 2. The van der Waals surface area contributed by atoms with Crippen LogP contribution in [0.3, 0.4) is 0 Å². The van der Waals surface area contributed by atoms with Gasteiger partial charge in [-0.3, -0.25) is 14.6 Å². The van der Waals surface area contributed by atoms with E-state index in [1.165, 1.54) is 19.4 Å². The summed E-state index contributed by atoms with van der Waals surface area (Å²) in [6, 6.07) is 7.89. The third kappa shape index (κ3) is 4.96. The predicted molar refractivity (Wildman–Crippen MR) is 102 cm³/mol. The Balaban J connectivity index is 1.68. The Morgan fingerprint density at radius 1 is 1.30 bits per heavy atom. The molecule has 27 heavy (non-hydrogen) atoms. The highest BCUT2D eigenvalue weighted by molar-refractivity contribution is 6.31. The third-order valence-corrected chi connectivity index (χ3v) is 4.41. The topological polar surface area (TPSA) is 89.5 Å². The van der Waals surface area contributed by atoms with Crippen molar-refractivity contribution in [2.75, 3.05) is 25.6 Å². The molecular formula is C19H20ClN3O4. The van der Waals surface area contributed by atoms with Crippen molar-refractivity contribution in [2.45, 2.75) is 18.9 Å². The zero-order valence-electron chi connectivity index (χ0n) is 14.8. The van der Waals surface area contributed by atoms with Crippen molar-refractivity contribution >= 4 is 29.1 Å². The van der Waals surface area contributed by atoms with Crippen molar-refractivity contribution in [3.63, 3.8) is 0 Å². The standard InChI is InChI=1S/C19H20ClN3O4/c1-26-17-5-4-13(20)10-15(17)23-19(25)16-9-12(6-7-21-16)18(24)22-11-14-3-2-8-27-14/h4-7,9-10,14H,2-3,8,11H2,1H3,(H,22,24)(H,23,25). The summed E-state index contributed by atoms with van der Waals surface area (Å²) in [6.45, 7) is 1.18. The van der Waals surface area contributed by atoms with E-state index >= 15 is 0 Å². The lowest BCUT2D eigenvalue weighted by Gasteiger charge is -2.12. The summed E-state index contributed by atoms with van der Waals surface area (Å²) in [5.41, 5.74) is 0.887. The molecule has 0 saturated carbocycles. The molecule has 1 atom stereocenters. The first-order chi connectivity index (χ1) is 13.1. The van der Waals surface area contributed by atoms with Crippen molar-refractivity contribution < 1.29 is 19.1 Å². The van der Waals surface area contributed by atoms with Crippen LogP contribution in [0.15, 0.2) is 36.5 Å². The number of hydrogen-bond acceptors (Lipinski definition) is 5. The number of ether oxygens (including phenoxy) is 2. The highest BCUT2D eigenvalue weighted by atomic mass is 35.5. The third-order valence-electron chi connectivity index (χ3n) is 4.18. The number of benzene rings is 1. The quantitative estimate of drug-likeness (QED) is 0.792. The minimum Gasteiger partial charge on any atom is -0.495 e. The second-order valence-corrected chi connectivity index (χ2v) is 6.51. The summed E-state index contributed by atoms with van der Waals surface area (Å²) in [6.07, 6.45) is 3.41. The maximum atomic E-state index is 12.5. The molecular weight excluding hydrogens is 370 g/mol. The summed E-state index contributed by atoms with van der Waals surface area (Å²) in [5.74, 6) is -0.273. The first kappa shape index (κ1) is 19.1. The van der Waals surface area contributed by atoms with Gasteiger partial charge >= 0.3 is 0 Å². The molecule has 2 N–H and O–H groups in total. The Bertz CT molecular complexity index is 837. The summed E-state index contributed by atoms with van der Waals surface area (Å²) < 4.78 is 10.7. The number of rotatable bonds is 6. The number of methoxy groups -OCH3 is 1. The molecule has 1 saturated heterocycles. The van der Waals surface area contributed by atoms with Crippen LogP contribution >= 0.6 is 11.6 Å². The summed E-state index contributed by atoms with van der Waals surface area (Å²) in [4.78, 5) is 28.9. The zero-order valence-corrected chi connectivity index (χ0v) is 15.6. The van der Waals surface area contributed by atoms with Gasteiger partial charge in [0.15, 0.2) is 0 Å². The summed E-state index contributed by atoms with van der Waals surface area (Å²) in [7, 11) is 1.50. The Morgan fingerprint density at radius 3 is 2.89 bits per heavy atom. The van der Waals surface area contributed by atoms with Gasteiger partial charge in [-0.05, 0) is 43.2 Å². The molecule has 142 valence electrons. The van der Waals surface area contributed by atoms with Crippen LogP contribution in [0.5, 0.6) is 5.75 Å². The van der Waals surface area contributed by atoms with Crippen LogP contribution in [-0.2, 0) is 4.74 Å². The second-order valence-electron chi connectivity index (χ2n) is 6.07. The zero-order chi connectivity index (χ0) is 19.2.